The summed E-state index contributed by atoms with van der Waals surface area (Å²) < 4.78 is 0. The van der Waals surface area contributed by atoms with Gasteiger partial charge in [0.05, 0.1) is 0 Å². The monoisotopic (exact) mass is 270 g/mol. The van der Waals surface area contributed by atoms with Crippen molar-refractivity contribution in [2.24, 2.45) is 11.8 Å². The van der Waals surface area contributed by atoms with Gasteiger partial charge in [0.25, 0.3) is 0 Å². The highest BCUT2D eigenvalue weighted by atomic mass is 35.5. The number of aliphatic hydroxyl groups excluding tert-OH is 1. The molecule has 0 aromatic carbocycles. The van der Waals surface area contributed by atoms with Crippen molar-refractivity contribution in [3.8, 4) is 0 Å². The highest BCUT2D eigenvalue weighted by Crippen LogP contribution is 2.14. The van der Waals surface area contributed by atoms with Crippen LogP contribution in [0, 0.1) is 11.8 Å². The molecule has 0 radical (unpaired) electrons. The molecule has 1 aromatic rings. The van der Waals surface area contributed by atoms with Gasteiger partial charge in [-0.2, -0.15) is 0 Å². The van der Waals surface area contributed by atoms with Gasteiger partial charge in [-0.25, -0.2) is 4.98 Å². The first-order chi connectivity index (χ1) is 8.61. The van der Waals surface area contributed by atoms with Crippen LogP contribution >= 0.6 is 11.6 Å². The molecule has 0 saturated heterocycles. The Morgan fingerprint density at radius 1 is 1.39 bits per heavy atom. The Morgan fingerprint density at radius 3 is 2.72 bits per heavy atom. The molecule has 1 rings (SSSR count). The second-order valence-corrected chi connectivity index (χ2v) is 5.52. The van der Waals surface area contributed by atoms with Gasteiger partial charge in [0.1, 0.15) is 5.15 Å². The van der Waals surface area contributed by atoms with E-state index in [1.165, 1.54) is 0 Å². The normalized spacial score (nSPS) is 12.9. The second kappa shape index (κ2) is 8.46. The maximum atomic E-state index is 9.04. The highest BCUT2D eigenvalue weighted by Gasteiger charge is 2.10. The molecule has 1 unspecified atom stereocenters. The first-order valence-corrected chi connectivity index (χ1v) is 6.91. The SMILES string of the molecule is CC(C)CC(CCO)CNCc1ccc(Cl)nc1. The van der Waals surface area contributed by atoms with Gasteiger partial charge in [0, 0.05) is 19.3 Å². The van der Waals surface area contributed by atoms with Gasteiger partial charge in [-0.15, -0.1) is 0 Å². The van der Waals surface area contributed by atoms with Gasteiger partial charge in [-0.3, -0.25) is 0 Å². The molecule has 102 valence electrons. The van der Waals surface area contributed by atoms with E-state index in [0.29, 0.717) is 17.0 Å². The van der Waals surface area contributed by atoms with Gasteiger partial charge in [0.2, 0.25) is 0 Å². The summed E-state index contributed by atoms with van der Waals surface area (Å²) in [6.45, 7) is 6.42. The number of nitrogens with zero attached hydrogens (tertiary/aromatic N) is 1. The van der Waals surface area contributed by atoms with E-state index in [9.17, 15) is 0 Å². The number of aromatic nitrogens is 1. The Hall–Kier alpha value is -0.640. The van der Waals surface area contributed by atoms with E-state index < -0.39 is 0 Å². The number of hydrogen-bond acceptors (Lipinski definition) is 3. The molecule has 2 N–H and O–H groups in total. The fourth-order valence-corrected chi connectivity index (χ4v) is 2.20. The molecule has 0 aliphatic carbocycles. The quantitative estimate of drug-likeness (QED) is 0.714. The number of pyridine rings is 1. The average molecular weight is 271 g/mol. The van der Waals surface area contributed by atoms with Crippen LogP contribution in [0.15, 0.2) is 18.3 Å². The van der Waals surface area contributed by atoms with Crippen molar-refractivity contribution in [1.82, 2.24) is 10.3 Å². The molecule has 0 aliphatic rings. The molecule has 0 saturated carbocycles. The van der Waals surface area contributed by atoms with Crippen molar-refractivity contribution in [2.75, 3.05) is 13.2 Å². The van der Waals surface area contributed by atoms with Crippen LogP contribution in [-0.4, -0.2) is 23.2 Å². The van der Waals surface area contributed by atoms with Gasteiger partial charge >= 0.3 is 0 Å². The number of rotatable bonds is 8. The molecule has 1 atom stereocenters. The summed E-state index contributed by atoms with van der Waals surface area (Å²) in [5.41, 5.74) is 1.13. The van der Waals surface area contributed by atoms with E-state index in [2.05, 4.69) is 24.1 Å². The van der Waals surface area contributed by atoms with Crippen LogP contribution in [0.4, 0.5) is 0 Å². The van der Waals surface area contributed by atoms with Crippen molar-refractivity contribution < 1.29 is 5.11 Å². The number of aliphatic hydroxyl groups is 1. The number of nitrogens with one attached hydrogen (secondary N) is 1. The van der Waals surface area contributed by atoms with Crippen LogP contribution in [0.3, 0.4) is 0 Å². The lowest BCUT2D eigenvalue weighted by Crippen LogP contribution is -2.24. The Balaban J connectivity index is 2.31. The van der Waals surface area contributed by atoms with E-state index in [1.54, 1.807) is 12.3 Å². The van der Waals surface area contributed by atoms with Gasteiger partial charge < -0.3 is 10.4 Å². The number of halogens is 1. The van der Waals surface area contributed by atoms with E-state index in [0.717, 1.165) is 31.5 Å². The Kier molecular flexibility index (Phi) is 7.25. The largest absolute Gasteiger partial charge is 0.396 e. The fourth-order valence-electron chi connectivity index (χ4n) is 2.08. The maximum absolute atomic E-state index is 9.04. The van der Waals surface area contributed by atoms with E-state index >= 15 is 0 Å². The molecular formula is C14H23ClN2O. The van der Waals surface area contributed by atoms with Crippen molar-refractivity contribution in [1.29, 1.82) is 0 Å². The molecule has 1 heterocycles. The number of hydrogen-bond donors (Lipinski definition) is 2. The van der Waals surface area contributed by atoms with E-state index in [4.69, 9.17) is 16.7 Å². The van der Waals surface area contributed by atoms with Crippen LogP contribution in [0.2, 0.25) is 5.15 Å². The van der Waals surface area contributed by atoms with Crippen LogP contribution in [0.1, 0.15) is 32.3 Å². The van der Waals surface area contributed by atoms with Crippen LogP contribution < -0.4 is 5.32 Å². The molecule has 3 nitrogen and oxygen atoms in total. The highest BCUT2D eigenvalue weighted by molar-refractivity contribution is 6.29. The zero-order valence-corrected chi connectivity index (χ0v) is 12.0. The van der Waals surface area contributed by atoms with Crippen molar-refractivity contribution in [3.63, 3.8) is 0 Å². The molecule has 0 bridgehead atoms. The predicted octanol–water partition coefficient (Wildman–Crippen LogP) is 2.87. The Morgan fingerprint density at radius 2 is 2.17 bits per heavy atom. The smallest absolute Gasteiger partial charge is 0.129 e. The third-order valence-electron chi connectivity index (χ3n) is 2.89. The lowest BCUT2D eigenvalue weighted by molar-refractivity contribution is 0.239. The molecule has 1 aromatic heterocycles. The molecule has 18 heavy (non-hydrogen) atoms. The minimum Gasteiger partial charge on any atom is -0.396 e. The summed E-state index contributed by atoms with van der Waals surface area (Å²) in [5, 5.41) is 13.0. The van der Waals surface area contributed by atoms with Crippen LogP contribution in [-0.2, 0) is 6.54 Å². The second-order valence-electron chi connectivity index (χ2n) is 5.13. The molecule has 0 aliphatic heterocycles. The topological polar surface area (TPSA) is 45.1 Å². The van der Waals surface area contributed by atoms with Gasteiger partial charge in [0.15, 0.2) is 0 Å². The summed E-state index contributed by atoms with van der Waals surface area (Å²) in [4.78, 5) is 4.05. The summed E-state index contributed by atoms with van der Waals surface area (Å²) in [6.07, 6.45) is 3.80. The summed E-state index contributed by atoms with van der Waals surface area (Å²) >= 11 is 5.74. The Labute approximate surface area is 115 Å². The predicted molar refractivity (Wildman–Crippen MR) is 75.6 cm³/mol. The minimum atomic E-state index is 0.265. The third-order valence-corrected chi connectivity index (χ3v) is 3.12. The van der Waals surface area contributed by atoms with Gasteiger partial charge in [-0.1, -0.05) is 31.5 Å². The van der Waals surface area contributed by atoms with E-state index in [-0.39, 0.29) is 6.61 Å². The first kappa shape index (κ1) is 15.4. The molecule has 0 amide bonds. The first-order valence-electron chi connectivity index (χ1n) is 6.53. The fraction of sp³-hybridized carbons (Fsp3) is 0.643. The Bertz CT molecular complexity index is 327. The lowest BCUT2D eigenvalue weighted by atomic mass is 9.94. The summed E-state index contributed by atoms with van der Waals surface area (Å²) in [5.74, 6) is 1.20. The van der Waals surface area contributed by atoms with E-state index in [1.807, 2.05) is 6.07 Å². The molecule has 0 fully saturated rings. The summed E-state index contributed by atoms with van der Waals surface area (Å²) in [6, 6.07) is 3.78. The zero-order valence-electron chi connectivity index (χ0n) is 11.2. The lowest BCUT2D eigenvalue weighted by Gasteiger charge is -2.18. The summed E-state index contributed by atoms with van der Waals surface area (Å²) in [7, 11) is 0. The van der Waals surface area contributed by atoms with Crippen LogP contribution in [0.5, 0.6) is 0 Å². The molecule has 0 spiro atoms. The molecule has 4 heteroatoms. The standard InChI is InChI=1S/C14H23ClN2O/c1-11(2)7-12(5-6-18)8-16-9-13-3-4-14(15)17-10-13/h3-4,10-12,16,18H,5-9H2,1-2H3. The van der Waals surface area contributed by atoms with Crippen molar-refractivity contribution >= 4 is 11.6 Å². The third kappa shape index (κ3) is 6.34. The van der Waals surface area contributed by atoms with Crippen molar-refractivity contribution in [3.05, 3.63) is 29.0 Å². The maximum Gasteiger partial charge on any atom is 0.129 e. The minimum absolute atomic E-state index is 0.265. The average Bonchev–Trinajstić information content (AvgIpc) is 2.31. The van der Waals surface area contributed by atoms with Gasteiger partial charge in [-0.05, 0) is 42.9 Å². The van der Waals surface area contributed by atoms with Crippen molar-refractivity contribution in [2.45, 2.75) is 33.2 Å². The van der Waals surface area contributed by atoms with Crippen LogP contribution in [0.25, 0.3) is 0 Å². The zero-order chi connectivity index (χ0) is 13.4. The molecular weight excluding hydrogens is 248 g/mol.